The summed E-state index contributed by atoms with van der Waals surface area (Å²) in [6.07, 6.45) is 0. The number of rotatable bonds is 6. The van der Waals surface area contributed by atoms with Crippen LogP contribution in [-0.4, -0.2) is 15.2 Å². The Bertz CT molecular complexity index is 653. The summed E-state index contributed by atoms with van der Waals surface area (Å²) in [7, 11) is -1.07. The van der Waals surface area contributed by atoms with E-state index >= 15 is 0 Å². The van der Waals surface area contributed by atoms with Gasteiger partial charge in [-0.3, -0.25) is 9.00 Å². The Labute approximate surface area is 126 Å². The van der Waals surface area contributed by atoms with Crippen molar-refractivity contribution in [1.29, 1.82) is 0 Å². The second kappa shape index (κ2) is 7.15. The Morgan fingerprint density at radius 3 is 2.24 bits per heavy atom. The summed E-state index contributed by atoms with van der Waals surface area (Å²) in [5, 5.41) is 8.98. The van der Waals surface area contributed by atoms with Crippen LogP contribution in [0.25, 0.3) is 0 Å². The molecule has 2 aromatic carbocycles. The Balaban J connectivity index is 2.00. The van der Waals surface area contributed by atoms with E-state index in [1.54, 1.807) is 18.2 Å². The van der Waals surface area contributed by atoms with Gasteiger partial charge in [0.15, 0.2) is 0 Å². The summed E-state index contributed by atoms with van der Waals surface area (Å²) in [5.41, 5.74) is 8.27. The van der Waals surface area contributed by atoms with E-state index in [0.717, 1.165) is 16.7 Å². The molecule has 0 heterocycles. The van der Waals surface area contributed by atoms with Crippen LogP contribution in [0.2, 0.25) is 0 Å². The van der Waals surface area contributed by atoms with E-state index < -0.39 is 16.7 Å². The number of hydrogen-bond donors (Lipinski definition) is 2. The number of benzene rings is 2. The maximum absolute atomic E-state index is 12.2. The first-order valence-corrected chi connectivity index (χ1v) is 7.99. The van der Waals surface area contributed by atoms with E-state index in [9.17, 15) is 9.00 Å². The van der Waals surface area contributed by atoms with Crippen LogP contribution in [0.15, 0.2) is 48.5 Å². The highest BCUT2D eigenvalue weighted by Gasteiger charge is 2.06. The molecule has 0 radical (unpaired) electrons. The molecule has 5 heteroatoms. The standard InChI is InChI=1S/C16H17NO3S/c17-16(19)15-3-1-2-14(8-15)11-21(20)10-13-6-4-12(9-18)5-7-13/h1-8,18H,9-11H2,(H2,17,19). The summed E-state index contributed by atoms with van der Waals surface area (Å²) in [6.45, 7) is 0.00325. The Morgan fingerprint density at radius 1 is 1.00 bits per heavy atom. The fourth-order valence-electron chi connectivity index (χ4n) is 1.98. The minimum atomic E-state index is -1.07. The molecule has 3 N–H and O–H groups in total. The first-order chi connectivity index (χ1) is 10.1. The molecule has 0 saturated heterocycles. The van der Waals surface area contributed by atoms with Crippen molar-refractivity contribution in [3.8, 4) is 0 Å². The minimum absolute atomic E-state index is 0.00325. The fourth-order valence-corrected chi connectivity index (χ4v) is 3.20. The molecule has 0 fully saturated rings. The molecule has 0 saturated carbocycles. The van der Waals surface area contributed by atoms with Crippen molar-refractivity contribution in [3.05, 3.63) is 70.8 Å². The summed E-state index contributed by atoms with van der Waals surface area (Å²) >= 11 is 0. The van der Waals surface area contributed by atoms with Crippen molar-refractivity contribution in [2.45, 2.75) is 18.1 Å². The highest BCUT2D eigenvalue weighted by molar-refractivity contribution is 7.83. The molecule has 21 heavy (non-hydrogen) atoms. The summed E-state index contributed by atoms with van der Waals surface area (Å²) < 4.78 is 12.2. The van der Waals surface area contributed by atoms with Crippen molar-refractivity contribution >= 4 is 16.7 Å². The summed E-state index contributed by atoms with van der Waals surface area (Å²) in [4.78, 5) is 11.1. The van der Waals surface area contributed by atoms with Gasteiger partial charge in [-0.2, -0.15) is 0 Å². The average molecular weight is 303 g/mol. The zero-order valence-electron chi connectivity index (χ0n) is 11.5. The second-order valence-corrected chi connectivity index (χ2v) is 6.22. The van der Waals surface area contributed by atoms with Crippen molar-refractivity contribution in [3.63, 3.8) is 0 Å². The average Bonchev–Trinajstić information content (AvgIpc) is 2.48. The number of carbonyl (C=O) groups excluding carboxylic acids is 1. The normalized spacial score (nSPS) is 12.0. The van der Waals surface area contributed by atoms with Crippen LogP contribution in [0.1, 0.15) is 27.0 Å². The lowest BCUT2D eigenvalue weighted by Crippen LogP contribution is -2.11. The van der Waals surface area contributed by atoms with E-state index in [1.165, 1.54) is 0 Å². The molecule has 0 bridgehead atoms. The van der Waals surface area contributed by atoms with Crippen LogP contribution in [0.3, 0.4) is 0 Å². The molecule has 0 aliphatic rings. The quantitative estimate of drug-likeness (QED) is 0.852. The predicted octanol–water partition coefficient (Wildman–Crippen LogP) is 1.73. The lowest BCUT2D eigenvalue weighted by Gasteiger charge is -2.05. The molecule has 0 aliphatic carbocycles. The van der Waals surface area contributed by atoms with E-state index in [-0.39, 0.29) is 6.61 Å². The number of nitrogens with two attached hydrogens (primary N) is 1. The maximum Gasteiger partial charge on any atom is 0.248 e. The van der Waals surface area contributed by atoms with Gasteiger partial charge < -0.3 is 10.8 Å². The number of aliphatic hydroxyl groups is 1. The maximum atomic E-state index is 12.2. The topological polar surface area (TPSA) is 80.4 Å². The summed E-state index contributed by atoms with van der Waals surface area (Å²) in [5.74, 6) is 0.331. The van der Waals surface area contributed by atoms with Gasteiger partial charge in [-0.05, 0) is 28.8 Å². The highest BCUT2D eigenvalue weighted by Crippen LogP contribution is 2.12. The number of aliphatic hydroxyl groups excluding tert-OH is 1. The fraction of sp³-hybridized carbons (Fsp3) is 0.188. The summed E-state index contributed by atoms with van der Waals surface area (Å²) in [6, 6.07) is 14.3. The minimum Gasteiger partial charge on any atom is -0.392 e. The zero-order valence-corrected chi connectivity index (χ0v) is 12.3. The Hall–Kier alpha value is -1.98. The molecule has 4 nitrogen and oxygen atoms in total. The molecular formula is C16H17NO3S. The van der Waals surface area contributed by atoms with Gasteiger partial charge in [-0.1, -0.05) is 36.4 Å². The van der Waals surface area contributed by atoms with Crippen LogP contribution >= 0.6 is 0 Å². The van der Waals surface area contributed by atoms with E-state index in [1.807, 2.05) is 30.3 Å². The smallest absolute Gasteiger partial charge is 0.248 e. The third-order valence-corrected chi connectivity index (χ3v) is 4.38. The molecule has 2 rings (SSSR count). The molecule has 1 unspecified atom stereocenters. The third kappa shape index (κ3) is 4.51. The third-order valence-electron chi connectivity index (χ3n) is 3.07. The lowest BCUT2D eigenvalue weighted by atomic mass is 10.1. The molecule has 110 valence electrons. The number of carbonyl (C=O) groups is 1. The first-order valence-electron chi connectivity index (χ1n) is 6.51. The monoisotopic (exact) mass is 303 g/mol. The van der Waals surface area contributed by atoms with Gasteiger partial charge in [-0.25, -0.2) is 0 Å². The molecule has 1 atom stereocenters. The van der Waals surface area contributed by atoms with Gasteiger partial charge >= 0.3 is 0 Å². The molecule has 0 aromatic heterocycles. The van der Waals surface area contributed by atoms with Gasteiger partial charge in [0.05, 0.1) is 6.61 Å². The number of amides is 1. The molecular weight excluding hydrogens is 286 g/mol. The van der Waals surface area contributed by atoms with Crippen molar-refractivity contribution < 1.29 is 14.1 Å². The van der Waals surface area contributed by atoms with E-state index in [0.29, 0.717) is 17.1 Å². The van der Waals surface area contributed by atoms with Crippen LogP contribution < -0.4 is 5.73 Å². The number of hydrogen-bond acceptors (Lipinski definition) is 3. The zero-order chi connectivity index (χ0) is 15.2. The predicted molar refractivity (Wildman–Crippen MR) is 82.9 cm³/mol. The Kier molecular flexibility index (Phi) is 5.25. The Morgan fingerprint density at radius 2 is 1.62 bits per heavy atom. The van der Waals surface area contributed by atoms with Crippen molar-refractivity contribution in [2.75, 3.05) is 0 Å². The molecule has 0 aliphatic heterocycles. The van der Waals surface area contributed by atoms with Crippen molar-refractivity contribution in [1.82, 2.24) is 0 Å². The van der Waals surface area contributed by atoms with Crippen LogP contribution in [-0.2, 0) is 28.9 Å². The van der Waals surface area contributed by atoms with E-state index in [4.69, 9.17) is 10.8 Å². The SMILES string of the molecule is NC(=O)c1cccc(CS(=O)Cc2ccc(CO)cc2)c1. The van der Waals surface area contributed by atoms with Gasteiger partial charge in [0, 0.05) is 27.9 Å². The number of primary amides is 1. The molecule has 1 amide bonds. The van der Waals surface area contributed by atoms with Crippen LogP contribution in [0.4, 0.5) is 0 Å². The second-order valence-electron chi connectivity index (χ2n) is 4.77. The van der Waals surface area contributed by atoms with Gasteiger partial charge in [0.2, 0.25) is 5.91 Å². The largest absolute Gasteiger partial charge is 0.392 e. The molecule has 2 aromatic rings. The first kappa shape index (κ1) is 15.4. The van der Waals surface area contributed by atoms with Crippen LogP contribution in [0.5, 0.6) is 0 Å². The highest BCUT2D eigenvalue weighted by atomic mass is 32.2. The lowest BCUT2D eigenvalue weighted by molar-refractivity contribution is 0.1000. The van der Waals surface area contributed by atoms with Gasteiger partial charge in [-0.15, -0.1) is 0 Å². The van der Waals surface area contributed by atoms with Crippen LogP contribution in [0, 0.1) is 0 Å². The molecule has 0 spiro atoms. The van der Waals surface area contributed by atoms with Crippen molar-refractivity contribution in [2.24, 2.45) is 5.73 Å². The van der Waals surface area contributed by atoms with Gasteiger partial charge in [0.1, 0.15) is 0 Å². The van der Waals surface area contributed by atoms with Gasteiger partial charge in [0.25, 0.3) is 0 Å². The van der Waals surface area contributed by atoms with E-state index in [2.05, 4.69) is 0 Å².